The molecule has 136 valence electrons. The Labute approximate surface area is 145 Å². The molecule has 1 atom stereocenters. The van der Waals surface area contributed by atoms with Crippen molar-refractivity contribution in [3.63, 3.8) is 0 Å². The number of nitrogens with zero attached hydrogens (tertiary/aromatic N) is 1. The van der Waals surface area contributed by atoms with Crippen molar-refractivity contribution in [3.05, 3.63) is 0 Å². The van der Waals surface area contributed by atoms with Crippen molar-refractivity contribution in [2.45, 2.75) is 104 Å². The highest BCUT2D eigenvalue weighted by Crippen LogP contribution is 2.16. The summed E-state index contributed by atoms with van der Waals surface area (Å²) >= 11 is 0. The molecule has 0 bridgehead atoms. The second kappa shape index (κ2) is 13.9. The summed E-state index contributed by atoms with van der Waals surface area (Å²) in [5.41, 5.74) is 0. The van der Waals surface area contributed by atoms with Crippen LogP contribution in [-0.2, 0) is 4.74 Å². The molecular formula is C21H42NO+. The first kappa shape index (κ1) is 20.5. The van der Waals surface area contributed by atoms with Gasteiger partial charge in [0, 0.05) is 0 Å². The average molecular weight is 325 g/mol. The summed E-state index contributed by atoms with van der Waals surface area (Å²) in [4.78, 5) is 0. The van der Waals surface area contributed by atoms with Gasteiger partial charge in [0.1, 0.15) is 7.05 Å². The maximum atomic E-state index is 5.73. The molecule has 2 heteroatoms. The molecule has 2 nitrogen and oxygen atoms in total. The lowest BCUT2D eigenvalue weighted by Gasteiger charge is -2.08. The number of unbranched alkanes of at least 4 members (excludes halogenated alkanes) is 12. The Morgan fingerprint density at radius 2 is 1.30 bits per heavy atom. The first-order valence-corrected chi connectivity index (χ1v) is 10.5. The summed E-state index contributed by atoms with van der Waals surface area (Å²) in [5, 5.41) is 0. The molecule has 0 aromatic rings. The van der Waals surface area contributed by atoms with Gasteiger partial charge in [-0.25, -0.2) is 4.58 Å². The smallest absolute Gasteiger partial charge is 0.339 e. The third-order valence-electron chi connectivity index (χ3n) is 5.22. The number of hydrogen-bond donors (Lipinski definition) is 0. The molecule has 1 aliphatic rings. The van der Waals surface area contributed by atoms with Crippen LogP contribution in [0.1, 0.15) is 104 Å². The molecular weight excluding hydrogens is 282 g/mol. The molecule has 0 aromatic heterocycles. The van der Waals surface area contributed by atoms with E-state index < -0.39 is 0 Å². The number of hydrogen-bond acceptors (Lipinski definition) is 1. The Balaban J connectivity index is 1.80. The predicted molar refractivity (Wildman–Crippen MR) is 101 cm³/mol. The van der Waals surface area contributed by atoms with Gasteiger partial charge in [-0.2, -0.15) is 0 Å². The topological polar surface area (TPSA) is 12.2 Å². The first-order chi connectivity index (χ1) is 11.3. The van der Waals surface area contributed by atoms with E-state index in [0.717, 1.165) is 13.2 Å². The van der Waals surface area contributed by atoms with Crippen LogP contribution in [0, 0.1) is 5.92 Å². The van der Waals surface area contributed by atoms with Crippen LogP contribution < -0.4 is 0 Å². The lowest BCUT2D eigenvalue weighted by molar-refractivity contribution is -0.489. The average Bonchev–Trinajstić information content (AvgIpc) is 2.98. The van der Waals surface area contributed by atoms with E-state index >= 15 is 0 Å². The Morgan fingerprint density at radius 1 is 0.826 bits per heavy atom. The molecule has 0 N–H and O–H groups in total. The van der Waals surface area contributed by atoms with Crippen LogP contribution in [0.4, 0.5) is 0 Å². The van der Waals surface area contributed by atoms with Crippen molar-refractivity contribution in [1.29, 1.82) is 0 Å². The van der Waals surface area contributed by atoms with Crippen molar-refractivity contribution in [1.82, 2.24) is 0 Å². The van der Waals surface area contributed by atoms with E-state index in [2.05, 4.69) is 25.5 Å². The number of rotatable bonds is 15. The zero-order valence-corrected chi connectivity index (χ0v) is 16.2. The van der Waals surface area contributed by atoms with Gasteiger partial charge >= 0.3 is 5.90 Å². The van der Waals surface area contributed by atoms with Gasteiger partial charge in [-0.15, -0.1) is 0 Å². The summed E-state index contributed by atoms with van der Waals surface area (Å²) in [6.07, 6.45) is 19.9. The fourth-order valence-corrected chi connectivity index (χ4v) is 3.62. The fraction of sp³-hybridized carbons (Fsp3) is 0.952. The molecule has 0 spiro atoms. The Bertz CT molecular complexity index is 311. The van der Waals surface area contributed by atoms with E-state index in [4.69, 9.17) is 4.74 Å². The monoisotopic (exact) mass is 324 g/mol. The highest BCUT2D eigenvalue weighted by Gasteiger charge is 2.26. The summed E-state index contributed by atoms with van der Waals surface area (Å²) in [6.45, 7) is 6.56. The van der Waals surface area contributed by atoms with Crippen LogP contribution in [-0.4, -0.2) is 30.7 Å². The minimum absolute atomic E-state index is 0.607. The molecule has 1 rings (SSSR count). The van der Waals surface area contributed by atoms with Gasteiger partial charge in [-0.3, -0.25) is 0 Å². The van der Waals surface area contributed by atoms with Crippen molar-refractivity contribution >= 4 is 5.90 Å². The number of likely N-dealkylation sites (N-methyl/N-ethyl adjacent to an activating group) is 1. The van der Waals surface area contributed by atoms with Crippen LogP contribution in [0.3, 0.4) is 0 Å². The minimum atomic E-state index is 0.607. The van der Waals surface area contributed by atoms with Crippen LogP contribution in [0.2, 0.25) is 0 Å². The van der Waals surface area contributed by atoms with Gasteiger partial charge in [0.15, 0.2) is 13.2 Å². The highest BCUT2D eigenvalue weighted by molar-refractivity contribution is 5.74. The molecule has 0 fully saturated rings. The van der Waals surface area contributed by atoms with E-state index in [9.17, 15) is 0 Å². The number of ether oxygens (including phenoxy) is 1. The predicted octanol–water partition coefficient (Wildman–Crippen LogP) is 6.17. The molecule has 0 amide bonds. The summed E-state index contributed by atoms with van der Waals surface area (Å²) in [5.74, 6) is 1.83. The molecule has 0 saturated carbocycles. The molecule has 1 heterocycles. The molecule has 1 unspecified atom stereocenters. The SMILES string of the molecule is CCCCCCCCCCCCCCCC(C)C1=[N+](C)CCO1. The zero-order valence-electron chi connectivity index (χ0n) is 16.2. The van der Waals surface area contributed by atoms with Crippen LogP contribution in [0.5, 0.6) is 0 Å². The van der Waals surface area contributed by atoms with Crippen molar-refractivity contribution in [2.75, 3.05) is 20.2 Å². The molecule has 0 aliphatic carbocycles. The van der Waals surface area contributed by atoms with E-state index in [1.54, 1.807) is 0 Å². The minimum Gasteiger partial charge on any atom is -0.441 e. The molecule has 23 heavy (non-hydrogen) atoms. The normalized spacial score (nSPS) is 16.0. The highest BCUT2D eigenvalue weighted by atomic mass is 16.5. The van der Waals surface area contributed by atoms with Crippen molar-refractivity contribution < 1.29 is 9.31 Å². The van der Waals surface area contributed by atoms with Crippen LogP contribution in [0.15, 0.2) is 0 Å². The van der Waals surface area contributed by atoms with Crippen molar-refractivity contribution in [3.8, 4) is 0 Å². The largest absolute Gasteiger partial charge is 0.441 e. The quantitative estimate of drug-likeness (QED) is 0.259. The standard InChI is InChI=1S/C21H42NO/c1-4-5-6-7-8-9-10-11-12-13-14-15-16-17-20(2)21-22(3)18-19-23-21/h20H,4-19H2,1-3H3/q+1. The first-order valence-electron chi connectivity index (χ1n) is 10.5. The summed E-state index contributed by atoms with van der Waals surface area (Å²) in [6, 6.07) is 0. The summed E-state index contributed by atoms with van der Waals surface area (Å²) in [7, 11) is 2.16. The van der Waals surface area contributed by atoms with Gasteiger partial charge in [0.05, 0.1) is 5.92 Å². The Morgan fingerprint density at radius 3 is 1.74 bits per heavy atom. The van der Waals surface area contributed by atoms with Gasteiger partial charge in [-0.05, 0) is 13.3 Å². The van der Waals surface area contributed by atoms with Gasteiger partial charge in [0.2, 0.25) is 0 Å². The second-order valence-electron chi connectivity index (χ2n) is 7.54. The van der Waals surface area contributed by atoms with E-state index in [-0.39, 0.29) is 0 Å². The molecule has 1 aliphatic heterocycles. The lowest BCUT2D eigenvalue weighted by atomic mass is 10.0. The van der Waals surface area contributed by atoms with Gasteiger partial charge < -0.3 is 4.74 Å². The second-order valence-corrected chi connectivity index (χ2v) is 7.54. The lowest BCUT2D eigenvalue weighted by Crippen LogP contribution is -2.19. The third-order valence-corrected chi connectivity index (χ3v) is 5.22. The van der Waals surface area contributed by atoms with Gasteiger partial charge in [-0.1, -0.05) is 90.4 Å². The van der Waals surface area contributed by atoms with E-state index in [1.165, 1.54) is 95.8 Å². The molecule has 0 saturated heterocycles. The fourth-order valence-electron chi connectivity index (χ4n) is 3.62. The van der Waals surface area contributed by atoms with Crippen molar-refractivity contribution in [2.24, 2.45) is 5.92 Å². The van der Waals surface area contributed by atoms with Crippen LogP contribution in [0.25, 0.3) is 0 Å². The van der Waals surface area contributed by atoms with Gasteiger partial charge in [0.25, 0.3) is 0 Å². The van der Waals surface area contributed by atoms with E-state index in [0.29, 0.717) is 5.92 Å². The molecule has 0 radical (unpaired) electrons. The summed E-state index contributed by atoms with van der Waals surface area (Å²) < 4.78 is 8.02. The van der Waals surface area contributed by atoms with E-state index in [1.807, 2.05) is 0 Å². The molecule has 0 aromatic carbocycles. The maximum Gasteiger partial charge on any atom is 0.339 e. The Hall–Kier alpha value is -0.530. The third kappa shape index (κ3) is 10.0. The van der Waals surface area contributed by atoms with Crippen LogP contribution >= 0.6 is 0 Å². The Kier molecular flexibility index (Phi) is 12.4. The maximum absolute atomic E-state index is 5.73. The zero-order chi connectivity index (χ0) is 16.8.